The van der Waals surface area contributed by atoms with Gasteiger partial charge in [-0.2, -0.15) is 13.2 Å². The van der Waals surface area contributed by atoms with Gasteiger partial charge in [0, 0.05) is 74.6 Å². The van der Waals surface area contributed by atoms with E-state index in [9.17, 15) is 46.7 Å². The smallest absolute Gasteiger partial charge is 0.379 e. The average Bonchev–Trinajstić information content (AvgIpc) is 3.57. The summed E-state index contributed by atoms with van der Waals surface area (Å²) in [5.41, 5.74) is -0.857. The number of piperidine rings is 1. The number of rotatable bonds is 20. The van der Waals surface area contributed by atoms with Crippen molar-refractivity contribution in [3.8, 4) is 11.1 Å². The van der Waals surface area contributed by atoms with Gasteiger partial charge in [0.1, 0.15) is 11.9 Å². The lowest BCUT2D eigenvalue weighted by Gasteiger charge is -2.44. The van der Waals surface area contributed by atoms with Crippen LogP contribution in [-0.2, 0) is 36.4 Å². The summed E-state index contributed by atoms with van der Waals surface area (Å²) in [4.78, 5) is 95.9. The van der Waals surface area contributed by atoms with Crippen molar-refractivity contribution >= 4 is 46.7 Å². The number of anilines is 2. The molecule has 3 aliphatic heterocycles. The number of ketones is 1. The number of benzene rings is 3. The largest absolute Gasteiger partial charge is 0.417 e. The second-order valence-corrected chi connectivity index (χ2v) is 17.5. The van der Waals surface area contributed by atoms with Gasteiger partial charge in [0.05, 0.1) is 60.1 Å². The number of Topliss-reactive ketones (excluding diaryl/α,β-unsaturated/α-hetero) is 1. The van der Waals surface area contributed by atoms with Gasteiger partial charge in [0.2, 0.25) is 17.4 Å². The Morgan fingerprint density at radius 3 is 2.17 bits per heavy atom. The molecule has 5 amide bonds. The fraction of sp³-hybridized carbons (Fsp3) is 0.420. The number of piperazine rings is 1. The van der Waals surface area contributed by atoms with E-state index < -0.39 is 64.3 Å². The van der Waals surface area contributed by atoms with Gasteiger partial charge in [-0.15, -0.1) is 0 Å². The second-order valence-electron chi connectivity index (χ2n) is 17.5. The number of nitrogens with zero attached hydrogens (tertiary/aromatic N) is 3. The number of pyridine rings is 1. The third kappa shape index (κ3) is 11.9. The lowest BCUT2D eigenvalue weighted by molar-refractivity contribution is -0.138. The number of ether oxygens (including phenoxy) is 3. The molecule has 16 nitrogen and oxygen atoms in total. The summed E-state index contributed by atoms with van der Waals surface area (Å²) in [5, 5.41) is 4.78. The lowest BCUT2D eigenvalue weighted by atomic mass is 9.98. The van der Waals surface area contributed by atoms with Crippen LogP contribution < -0.4 is 21.1 Å². The first-order chi connectivity index (χ1) is 33.4. The zero-order chi connectivity index (χ0) is 50.3. The summed E-state index contributed by atoms with van der Waals surface area (Å²) >= 11 is 0. The van der Waals surface area contributed by atoms with Crippen LogP contribution >= 0.6 is 0 Å². The van der Waals surface area contributed by atoms with Crippen molar-refractivity contribution in [3.05, 3.63) is 116 Å². The monoisotopic (exact) mass is 974 g/mol. The molecule has 1 aromatic heterocycles. The minimum atomic E-state index is -4.99. The van der Waals surface area contributed by atoms with E-state index in [-0.39, 0.29) is 84.9 Å². The topological polar surface area (TPSA) is 197 Å². The maximum atomic E-state index is 15.8. The lowest BCUT2D eigenvalue weighted by Crippen LogP contribution is -2.55. The molecule has 4 aromatic rings. The van der Waals surface area contributed by atoms with Crippen LogP contribution in [0.4, 0.5) is 28.9 Å². The molecule has 2 saturated heterocycles. The Hall–Kier alpha value is -6.61. The van der Waals surface area contributed by atoms with Crippen molar-refractivity contribution in [3.63, 3.8) is 0 Å². The van der Waals surface area contributed by atoms with Crippen LogP contribution in [0.25, 0.3) is 11.1 Å². The Morgan fingerprint density at radius 1 is 0.814 bits per heavy atom. The van der Waals surface area contributed by atoms with Gasteiger partial charge in [0.25, 0.3) is 17.7 Å². The van der Waals surface area contributed by atoms with E-state index >= 15 is 4.39 Å². The molecule has 0 bridgehead atoms. The average molecular weight is 975 g/mol. The number of likely N-dealkylation sites (N-methyl/N-ethyl adjacent to an activating group) is 1. The molecule has 1 unspecified atom stereocenters. The van der Waals surface area contributed by atoms with Gasteiger partial charge >= 0.3 is 6.18 Å². The van der Waals surface area contributed by atoms with Gasteiger partial charge < -0.3 is 29.4 Å². The number of H-pyrrole nitrogens is 1. The van der Waals surface area contributed by atoms with E-state index in [4.69, 9.17) is 14.2 Å². The number of aromatic nitrogens is 1. The van der Waals surface area contributed by atoms with Crippen LogP contribution in [0.2, 0.25) is 0 Å². The highest BCUT2D eigenvalue weighted by Gasteiger charge is 2.45. The Bertz CT molecular complexity index is 2700. The van der Waals surface area contributed by atoms with Crippen LogP contribution in [0, 0.1) is 5.82 Å². The van der Waals surface area contributed by atoms with Crippen molar-refractivity contribution in [2.24, 2.45) is 0 Å². The summed E-state index contributed by atoms with van der Waals surface area (Å²) in [6.45, 7) is 6.89. The summed E-state index contributed by atoms with van der Waals surface area (Å²) in [6, 6.07) is 13.3. The molecule has 0 radical (unpaired) electrons. The Balaban J connectivity index is 0.839. The number of carbonyl (C=O) groups excluding carboxylic acids is 6. The third-order valence-corrected chi connectivity index (χ3v) is 12.7. The molecule has 0 spiro atoms. The standard InChI is InChI=1S/C50H54F4N6O10/c1-29-27-59(28-30(2)58(29)3)40-14-12-32(24-39(40)56-46(64)36-26-55-44(63)25-37(36)50(52,53)54)34-13-11-33(23-38(34)51)42(61)10-6-18-69-20-22-70-21-19-68-17-5-8-31-7-4-9-35-45(31)49(67)60(48(35)66)41-15-16-43(62)57-47(41)65/h4,7,9,11-14,23-26,29-30,41H,5-6,8,10,15-22,27-28H2,1-3H3,(H,55,63)(H,56,64)(H,57,62,65)/t29-,30+,41?. The van der Waals surface area contributed by atoms with Gasteiger partial charge in [-0.25, -0.2) is 4.39 Å². The number of nitrogens with one attached hydrogen (secondary N) is 3. The van der Waals surface area contributed by atoms with Gasteiger partial charge in [0.15, 0.2) is 5.78 Å². The predicted molar refractivity (Wildman–Crippen MR) is 248 cm³/mol. The molecule has 2 fully saturated rings. The van der Waals surface area contributed by atoms with Crippen molar-refractivity contribution in [1.29, 1.82) is 0 Å². The van der Waals surface area contributed by atoms with Crippen LogP contribution in [0.1, 0.15) is 98.5 Å². The highest BCUT2D eigenvalue weighted by molar-refractivity contribution is 6.24. The molecule has 3 aliphatic rings. The first kappa shape index (κ1) is 51.2. The highest BCUT2D eigenvalue weighted by Crippen LogP contribution is 2.37. The fourth-order valence-electron chi connectivity index (χ4n) is 8.87. The first-order valence-electron chi connectivity index (χ1n) is 23.0. The molecule has 20 heteroatoms. The normalized spacial score (nSPS) is 18.6. The number of alkyl halides is 3. The van der Waals surface area contributed by atoms with E-state index in [1.54, 1.807) is 30.3 Å². The number of aromatic amines is 1. The molecular formula is C50H54F4N6O10. The molecule has 3 aromatic carbocycles. The maximum Gasteiger partial charge on any atom is 0.417 e. The van der Waals surface area contributed by atoms with E-state index in [1.807, 2.05) is 25.8 Å². The zero-order valence-corrected chi connectivity index (χ0v) is 38.9. The summed E-state index contributed by atoms with van der Waals surface area (Å²) in [6.07, 6.45) is -2.69. The van der Waals surface area contributed by atoms with Crippen molar-refractivity contribution in [2.45, 2.75) is 76.7 Å². The van der Waals surface area contributed by atoms with E-state index in [1.165, 1.54) is 18.2 Å². The van der Waals surface area contributed by atoms with Crippen LogP contribution in [-0.4, -0.2) is 128 Å². The number of hydrogen-bond acceptors (Lipinski definition) is 12. The number of carbonyl (C=O) groups is 6. The van der Waals surface area contributed by atoms with Crippen LogP contribution in [0.15, 0.2) is 71.7 Å². The summed E-state index contributed by atoms with van der Waals surface area (Å²) in [7, 11) is 1.99. The van der Waals surface area contributed by atoms with Gasteiger partial charge in [-0.1, -0.05) is 30.3 Å². The summed E-state index contributed by atoms with van der Waals surface area (Å²) in [5.74, 6) is -4.35. The number of halogens is 4. The number of imide groups is 2. The van der Waals surface area contributed by atoms with E-state index in [0.29, 0.717) is 81.3 Å². The Morgan fingerprint density at radius 2 is 1.50 bits per heavy atom. The van der Waals surface area contributed by atoms with Gasteiger partial charge in [-0.3, -0.25) is 48.7 Å². The predicted octanol–water partition coefficient (Wildman–Crippen LogP) is 6.03. The fourth-order valence-corrected chi connectivity index (χ4v) is 8.87. The molecule has 3 atom stereocenters. The van der Waals surface area contributed by atoms with Crippen molar-refractivity contribution < 1.29 is 60.5 Å². The Kier molecular flexibility index (Phi) is 16.4. The van der Waals surface area contributed by atoms with Crippen LogP contribution in [0.5, 0.6) is 0 Å². The van der Waals surface area contributed by atoms with Crippen molar-refractivity contribution in [1.82, 2.24) is 20.1 Å². The molecule has 4 heterocycles. The van der Waals surface area contributed by atoms with E-state index in [2.05, 4.69) is 20.5 Å². The number of amides is 5. The minimum absolute atomic E-state index is 0.0409. The molecular weight excluding hydrogens is 921 g/mol. The molecule has 0 saturated carbocycles. The third-order valence-electron chi connectivity index (χ3n) is 12.7. The van der Waals surface area contributed by atoms with Crippen LogP contribution in [0.3, 0.4) is 0 Å². The molecule has 70 heavy (non-hydrogen) atoms. The Labute approximate surface area is 400 Å². The highest BCUT2D eigenvalue weighted by atomic mass is 19.4. The molecule has 7 rings (SSSR count). The quantitative estimate of drug-likeness (QED) is 0.0404. The maximum absolute atomic E-state index is 15.8. The number of fused-ring (bicyclic) bond motifs is 1. The first-order valence-corrected chi connectivity index (χ1v) is 23.0. The van der Waals surface area contributed by atoms with Crippen molar-refractivity contribution in [2.75, 3.05) is 70.0 Å². The second kappa shape index (κ2) is 22.4. The molecule has 372 valence electrons. The minimum Gasteiger partial charge on any atom is -0.379 e. The number of hydrogen-bond donors (Lipinski definition) is 3. The summed E-state index contributed by atoms with van der Waals surface area (Å²) < 4.78 is 74.3. The molecule has 3 N–H and O–H groups in total. The zero-order valence-electron chi connectivity index (χ0n) is 38.9. The van der Waals surface area contributed by atoms with Gasteiger partial charge in [-0.05, 0) is 82.0 Å². The van der Waals surface area contributed by atoms with E-state index in [0.717, 1.165) is 11.0 Å². The SMILES string of the molecule is C[C@@H]1CN(c2ccc(-c3ccc(C(=O)CCCOCCOCCOCCCc4cccc5c4C(=O)N(C4CCC(=O)NC4=O)C5=O)cc3F)cc2NC(=O)c2c[nH]c(=O)cc2C(F)(F)F)C[C@H](C)N1C. The molecule has 0 aliphatic carbocycles. The number of aryl methyl sites for hydroxylation is 1.